The van der Waals surface area contributed by atoms with Crippen LogP contribution in [0.4, 0.5) is 0 Å². The number of aldehydes is 1. The molecular weight excluding hydrogens is 140 g/mol. The highest BCUT2D eigenvalue weighted by Gasteiger charge is 2.17. The van der Waals surface area contributed by atoms with Gasteiger partial charge in [-0.25, -0.2) is 0 Å². The van der Waals surface area contributed by atoms with E-state index in [1.165, 1.54) is 6.26 Å². The molecule has 0 spiro atoms. The van der Waals surface area contributed by atoms with Crippen molar-refractivity contribution in [2.75, 3.05) is 0 Å². The number of carbonyl (C=O) groups excluding carboxylic acids is 1. The van der Waals surface area contributed by atoms with Gasteiger partial charge in [0.25, 0.3) is 0 Å². The zero-order chi connectivity index (χ0) is 8.48. The van der Waals surface area contributed by atoms with Crippen LogP contribution in [-0.2, 0) is 5.41 Å². The van der Waals surface area contributed by atoms with E-state index in [1.54, 1.807) is 6.07 Å². The van der Waals surface area contributed by atoms with Crippen LogP contribution in [0.3, 0.4) is 0 Å². The zero-order valence-electron chi connectivity index (χ0n) is 7.05. The molecule has 0 aliphatic rings. The Bertz CT molecular complexity index is 253. The van der Waals surface area contributed by atoms with Gasteiger partial charge in [0, 0.05) is 5.41 Å². The molecule has 2 heteroatoms. The quantitative estimate of drug-likeness (QED) is 0.578. The molecule has 2 nitrogen and oxygen atoms in total. The predicted octanol–water partition coefficient (Wildman–Crippen LogP) is 2.39. The SMILES string of the molecule is CC(C)(C)c1cc(C=O)co1. The molecule has 0 aliphatic heterocycles. The van der Waals surface area contributed by atoms with Crippen LogP contribution < -0.4 is 0 Å². The first-order chi connectivity index (χ1) is 5.04. The Kier molecular flexibility index (Phi) is 1.85. The van der Waals surface area contributed by atoms with E-state index in [0.29, 0.717) is 5.56 Å². The maximum absolute atomic E-state index is 10.3. The van der Waals surface area contributed by atoms with Crippen LogP contribution >= 0.6 is 0 Å². The lowest BCUT2D eigenvalue weighted by Gasteiger charge is -2.13. The van der Waals surface area contributed by atoms with Gasteiger partial charge in [-0.1, -0.05) is 20.8 Å². The standard InChI is InChI=1S/C9H12O2/c1-9(2,3)8-4-7(5-10)6-11-8/h4-6H,1-3H3. The molecule has 11 heavy (non-hydrogen) atoms. The molecule has 0 amide bonds. The van der Waals surface area contributed by atoms with Crippen molar-refractivity contribution in [1.29, 1.82) is 0 Å². The van der Waals surface area contributed by atoms with Gasteiger partial charge in [0.15, 0.2) is 6.29 Å². The van der Waals surface area contributed by atoms with E-state index in [2.05, 4.69) is 0 Å². The zero-order valence-corrected chi connectivity index (χ0v) is 7.05. The number of carbonyl (C=O) groups is 1. The van der Waals surface area contributed by atoms with Gasteiger partial charge in [0.1, 0.15) is 12.0 Å². The first-order valence-electron chi connectivity index (χ1n) is 3.58. The smallest absolute Gasteiger partial charge is 0.153 e. The maximum Gasteiger partial charge on any atom is 0.153 e. The summed E-state index contributed by atoms with van der Waals surface area (Å²) in [6.07, 6.45) is 2.27. The summed E-state index contributed by atoms with van der Waals surface area (Å²) in [6, 6.07) is 1.77. The number of furan rings is 1. The molecule has 1 aromatic heterocycles. The molecule has 0 saturated carbocycles. The van der Waals surface area contributed by atoms with Crippen LogP contribution in [-0.4, -0.2) is 6.29 Å². The third-order valence-electron chi connectivity index (χ3n) is 1.50. The lowest BCUT2D eigenvalue weighted by molar-refractivity contribution is 0.112. The molecule has 60 valence electrons. The van der Waals surface area contributed by atoms with Gasteiger partial charge in [-0.2, -0.15) is 0 Å². The molecule has 0 fully saturated rings. The summed E-state index contributed by atoms with van der Waals surface area (Å²) in [5, 5.41) is 0. The highest BCUT2D eigenvalue weighted by atomic mass is 16.3. The van der Waals surface area contributed by atoms with Crippen LogP contribution in [0.1, 0.15) is 36.9 Å². The normalized spacial score (nSPS) is 11.5. The van der Waals surface area contributed by atoms with Gasteiger partial charge in [-0.15, -0.1) is 0 Å². The van der Waals surface area contributed by atoms with Gasteiger partial charge in [-0.05, 0) is 6.07 Å². The van der Waals surface area contributed by atoms with Crippen LogP contribution in [0.25, 0.3) is 0 Å². The van der Waals surface area contributed by atoms with Gasteiger partial charge >= 0.3 is 0 Å². The van der Waals surface area contributed by atoms with E-state index >= 15 is 0 Å². The Balaban J connectivity index is 2.98. The van der Waals surface area contributed by atoms with Gasteiger partial charge < -0.3 is 4.42 Å². The first-order valence-corrected chi connectivity index (χ1v) is 3.58. The minimum Gasteiger partial charge on any atom is -0.468 e. The van der Waals surface area contributed by atoms with Crippen LogP contribution in [0, 0.1) is 0 Å². The van der Waals surface area contributed by atoms with Crippen LogP contribution in [0.2, 0.25) is 0 Å². The van der Waals surface area contributed by atoms with E-state index in [4.69, 9.17) is 4.42 Å². The van der Waals surface area contributed by atoms with Crippen molar-refractivity contribution in [3.63, 3.8) is 0 Å². The summed E-state index contributed by atoms with van der Waals surface area (Å²) in [6.45, 7) is 6.13. The van der Waals surface area contributed by atoms with Crippen molar-refractivity contribution in [2.24, 2.45) is 0 Å². The Morgan fingerprint density at radius 1 is 1.45 bits per heavy atom. The number of hydrogen-bond acceptors (Lipinski definition) is 2. The lowest BCUT2D eigenvalue weighted by atomic mass is 9.93. The highest BCUT2D eigenvalue weighted by Crippen LogP contribution is 2.23. The summed E-state index contributed by atoms with van der Waals surface area (Å²) < 4.78 is 5.19. The summed E-state index contributed by atoms with van der Waals surface area (Å²) in [5.41, 5.74) is 0.594. The topological polar surface area (TPSA) is 30.2 Å². The molecule has 0 atom stereocenters. The fraction of sp³-hybridized carbons (Fsp3) is 0.444. The van der Waals surface area contributed by atoms with Crippen molar-refractivity contribution >= 4 is 6.29 Å². The minimum atomic E-state index is -0.0126. The number of hydrogen-bond donors (Lipinski definition) is 0. The minimum absolute atomic E-state index is 0.0126. The van der Waals surface area contributed by atoms with E-state index in [9.17, 15) is 4.79 Å². The fourth-order valence-electron chi connectivity index (χ4n) is 0.806. The molecule has 1 heterocycles. The molecule has 0 radical (unpaired) electrons. The fourth-order valence-corrected chi connectivity index (χ4v) is 0.806. The second-order valence-corrected chi connectivity index (χ2v) is 3.61. The Labute approximate surface area is 66.2 Å². The van der Waals surface area contributed by atoms with Crippen molar-refractivity contribution in [2.45, 2.75) is 26.2 Å². The number of rotatable bonds is 1. The van der Waals surface area contributed by atoms with Gasteiger partial charge in [0.2, 0.25) is 0 Å². The van der Waals surface area contributed by atoms with E-state index in [0.717, 1.165) is 12.0 Å². The van der Waals surface area contributed by atoms with Crippen molar-refractivity contribution in [1.82, 2.24) is 0 Å². The average molecular weight is 152 g/mol. The Morgan fingerprint density at radius 2 is 2.09 bits per heavy atom. The van der Waals surface area contributed by atoms with Gasteiger partial charge in [-0.3, -0.25) is 4.79 Å². The Morgan fingerprint density at radius 3 is 2.36 bits per heavy atom. The van der Waals surface area contributed by atoms with Crippen LogP contribution in [0.5, 0.6) is 0 Å². The molecule has 1 aromatic rings. The average Bonchev–Trinajstić information content (AvgIpc) is 2.32. The molecule has 0 N–H and O–H groups in total. The molecule has 1 rings (SSSR count). The largest absolute Gasteiger partial charge is 0.468 e. The Hall–Kier alpha value is -1.05. The predicted molar refractivity (Wildman–Crippen MR) is 42.8 cm³/mol. The van der Waals surface area contributed by atoms with Crippen LogP contribution in [0.15, 0.2) is 16.7 Å². The third kappa shape index (κ3) is 1.70. The van der Waals surface area contributed by atoms with E-state index < -0.39 is 0 Å². The van der Waals surface area contributed by atoms with Crippen molar-refractivity contribution in [3.05, 3.63) is 23.7 Å². The molecule has 0 bridgehead atoms. The highest BCUT2D eigenvalue weighted by molar-refractivity contribution is 5.74. The third-order valence-corrected chi connectivity index (χ3v) is 1.50. The van der Waals surface area contributed by atoms with E-state index in [1.807, 2.05) is 20.8 Å². The summed E-state index contributed by atoms with van der Waals surface area (Å²) in [4.78, 5) is 10.3. The monoisotopic (exact) mass is 152 g/mol. The maximum atomic E-state index is 10.3. The second-order valence-electron chi connectivity index (χ2n) is 3.61. The molecular formula is C9H12O2. The second kappa shape index (κ2) is 2.53. The summed E-state index contributed by atoms with van der Waals surface area (Å²) in [7, 11) is 0. The molecule has 0 aliphatic carbocycles. The molecule has 0 saturated heterocycles. The van der Waals surface area contributed by atoms with Crippen molar-refractivity contribution < 1.29 is 9.21 Å². The van der Waals surface area contributed by atoms with E-state index in [-0.39, 0.29) is 5.41 Å². The molecule has 0 aromatic carbocycles. The summed E-state index contributed by atoms with van der Waals surface area (Å²) in [5.74, 6) is 0.847. The lowest BCUT2D eigenvalue weighted by Crippen LogP contribution is -2.09. The summed E-state index contributed by atoms with van der Waals surface area (Å²) >= 11 is 0. The molecule has 0 unspecified atom stereocenters. The first kappa shape index (κ1) is 8.05. The van der Waals surface area contributed by atoms with Gasteiger partial charge in [0.05, 0.1) is 5.56 Å². The van der Waals surface area contributed by atoms with Crippen molar-refractivity contribution in [3.8, 4) is 0 Å².